The molecule has 11 heteroatoms. The highest BCUT2D eigenvalue weighted by Gasteiger charge is 2.15. The lowest BCUT2D eigenvalue weighted by molar-refractivity contribution is -0.384. The van der Waals surface area contributed by atoms with Crippen LogP contribution in [0.2, 0.25) is 5.02 Å². The number of thioether (sulfide) groups is 1. The highest BCUT2D eigenvalue weighted by molar-refractivity contribution is 7.99. The van der Waals surface area contributed by atoms with Crippen molar-refractivity contribution in [2.24, 2.45) is 7.05 Å². The standard InChI is InChI=1S/C16H13ClN6O3S/c1-22-15(10-3-2-6-18-8-10)20-21-16(22)27-9-14(24)19-13-5-4-11(23(25)26)7-12(13)17/h2-8H,9H2,1H3,(H,19,24). The van der Waals surface area contributed by atoms with Gasteiger partial charge in [0.25, 0.3) is 5.69 Å². The topological polar surface area (TPSA) is 116 Å². The van der Waals surface area contributed by atoms with Crippen molar-refractivity contribution in [1.82, 2.24) is 19.7 Å². The van der Waals surface area contributed by atoms with E-state index >= 15 is 0 Å². The third-order valence-electron chi connectivity index (χ3n) is 3.52. The number of amides is 1. The van der Waals surface area contributed by atoms with E-state index in [0.29, 0.717) is 16.7 Å². The van der Waals surface area contributed by atoms with Crippen LogP contribution in [0.25, 0.3) is 11.4 Å². The molecule has 2 aromatic heterocycles. The molecular weight excluding hydrogens is 392 g/mol. The SMILES string of the molecule is Cn1c(SCC(=O)Nc2ccc([N+](=O)[O-])cc2Cl)nnc1-c1cccnc1. The zero-order chi connectivity index (χ0) is 19.4. The van der Waals surface area contributed by atoms with Crippen LogP contribution in [-0.2, 0) is 11.8 Å². The van der Waals surface area contributed by atoms with Crippen molar-refractivity contribution in [2.45, 2.75) is 5.16 Å². The molecule has 0 radical (unpaired) electrons. The van der Waals surface area contributed by atoms with E-state index in [1.807, 2.05) is 6.07 Å². The molecule has 0 aliphatic heterocycles. The number of anilines is 1. The Morgan fingerprint density at radius 3 is 2.85 bits per heavy atom. The van der Waals surface area contributed by atoms with E-state index in [0.717, 1.165) is 5.56 Å². The number of nitrogens with one attached hydrogen (secondary N) is 1. The molecule has 0 aliphatic rings. The van der Waals surface area contributed by atoms with Gasteiger partial charge in [0.05, 0.1) is 21.4 Å². The molecule has 0 spiro atoms. The van der Waals surface area contributed by atoms with E-state index in [1.165, 1.54) is 30.0 Å². The third-order valence-corrected chi connectivity index (χ3v) is 4.86. The average Bonchev–Trinajstić information content (AvgIpc) is 3.03. The molecule has 0 aliphatic carbocycles. The zero-order valence-electron chi connectivity index (χ0n) is 14.0. The number of non-ortho nitro benzene ring substituents is 1. The van der Waals surface area contributed by atoms with Gasteiger partial charge in [0, 0.05) is 37.1 Å². The van der Waals surface area contributed by atoms with Crippen LogP contribution in [0, 0.1) is 10.1 Å². The number of carbonyl (C=O) groups is 1. The quantitative estimate of drug-likeness (QED) is 0.381. The summed E-state index contributed by atoms with van der Waals surface area (Å²) in [4.78, 5) is 26.4. The first kappa shape index (κ1) is 18.8. The van der Waals surface area contributed by atoms with Crippen molar-refractivity contribution in [3.8, 4) is 11.4 Å². The lowest BCUT2D eigenvalue weighted by Gasteiger charge is -2.07. The monoisotopic (exact) mass is 404 g/mol. The molecule has 0 bridgehead atoms. The number of nitro groups is 1. The first-order chi connectivity index (χ1) is 13.0. The fourth-order valence-electron chi connectivity index (χ4n) is 2.22. The number of pyridine rings is 1. The Morgan fingerprint density at radius 1 is 1.37 bits per heavy atom. The molecule has 138 valence electrons. The molecule has 9 nitrogen and oxygen atoms in total. The highest BCUT2D eigenvalue weighted by Crippen LogP contribution is 2.27. The summed E-state index contributed by atoms with van der Waals surface area (Å²) in [5.74, 6) is 0.401. The van der Waals surface area contributed by atoms with Gasteiger partial charge in [0.15, 0.2) is 11.0 Å². The van der Waals surface area contributed by atoms with Gasteiger partial charge in [-0.1, -0.05) is 23.4 Å². The van der Waals surface area contributed by atoms with Gasteiger partial charge >= 0.3 is 0 Å². The van der Waals surface area contributed by atoms with E-state index < -0.39 is 4.92 Å². The van der Waals surface area contributed by atoms with Gasteiger partial charge in [-0.05, 0) is 18.2 Å². The summed E-state index contributed by atoms with van der Waals surface area (Å²) >= 11 is 7.18. The number of hydrogen-bond donors (Lipinski definition) is 1. The molecule has 0 atom stereocenters. The molecule has 1 N–H and O–H groups in total. The Hall–Kier alpha value is -2.98. The van der Waals surface area contributed by atoms with Gasteiger partial charge in [0.1, 0.15) is 0 Å². The zero-order valence-corrected chi connectivity index (χ0v) is 15.6. The Kier molecular flexibility index (Phi) is 5.67. The molecule has 3 rings (SSSR count). The predicted molar refractivity (Wildman–Crippen MR) is 102 cm³/mol. The van der Waals surface area contributed by atoms with E-state index in [9.17, 15) is 14.9 Å². The molecule has 3 aromatic rings. The lowest BCUT2D eigenvalue weighted by atomic mass is 10.3. The maximum Gasteiger partial charge on any atom is 0.271 e. The molecule has 0 fully saturated rings. The van der Waals surface area contributed by atoms with Crippen LogP contribution in [0.5, 0.6) is 0 Å². The first-order valence-corrected chi connectivity index (χ1v) is 8.98. The number of nitro benzene ring substituents is 1. The molecule has 27 heavy (non-hydrogen) atoms. The molecule has 1 aromatic carbocycles. The number of halogens is 1. The van der Waals surface area contributed by atoms with Crippen LogP contribution in [0.15, 0.2) is 47.9 Å². The summed E-state index contributed by atoms with van der Waals surface area (Å²) in [5, 5.41) is 22.2. The number of carbonyl (C=O) groups excluding carboxylic acids is 1. The minimum absolute atomic E-state index is 0.0757. The molecule has 2 heterocycles. The molecule has 0 saturated heterocycles. The maximum absolute atomic E-state index is 12.2. The summed E-state index contributed by atoms with van der Waals surface area (Å²) in [7, 11) is 1.80. The second kappa shape index (κ2) is 8.14. The van der Waals surface area contributed by atoms with Gasteiger partial charge in [-0.25, -0.2) is 0 Å². The molecular formula is C16H13ClN6O3S. The second-order valence-electron chi connectivity index (χ2n) is 5.37. The first-order valence-electron chi connectivity index (χ1n) is 7.62. The summed E-state index contributed by atoms with van der Waals surface area (Å²) < 4.78 is 1.77. The minimum Gasteiger partial charge on any atom is -0.324 e. The predicted octanol–water partition coefficient (Wildman–Crippen LogP) is 3.17. The van der Waals surface area contributed by atoms with Crippen molar-refractivity contribution >= 4 is 40.6 Å². The summed E-state index contributed by atoms with van der Waals surface area (Å²) in [5.41, 5.74) is 0.984. The Balaban J connectivity index is 1.63. The third kappa shape index (κ3) is 4.41. The van der Waals surface area contributed by atoms with Gasteiger partial charge in [-0.15, -0.1) is 10.2 Å². The van der Waals surface area contributed by atoms with Crippen LogP contribution < -0.4 is 5.32 Å². The lowest BCUT2D eigenvalue weighted by Crippen LogP contribution is -2.14. The molecule has 1 amide bonds. The summed E-state index contributed by atoms with van der Waals surface area (Å²) in [6.07, 6.45) is 3.35. The Labute approximate surface area is 162 Å². The normalized spacial score (nSPS) is 10.6. The highest BCUT2D eigenvalue weighted by atomic mass is 35.5. The van der Waals surface area contributed by atoms with Crippen LogP contribution >= 0.6 is 23.4 Å². The fourth-order valence-corrected chi connectivity index (χ4v) is 3.16. The second-order valence-corrected chi connectivity index (χ2v) is 6.71. The minimum atomic E-state index is -0.554. The van der Waals surface area contributed by atoms with E-state index in [1.54, 1.807) is 30.1 Å². The van der Waals surface area contributed by atoms with Gasteiger partial charge in [-0.2, -0.15) is 0 Å². The van der Waals surface area contributed by atoms with Gasteiger partial charge in [-0.3, -0.25) is 19.9 Å². The van der Waals surface area contributed by atoms with E-state index in [2.05, 4.69) is 20.5 Å². The number of nitrogens with zero attached hydrogens (tertiary/aromatic N) is 5. The summed E-state index contributed by atoms with van der Waals surface area (Å²) in [6.45, 7) is 0. The van der Waals surface area contributed by atoms with Crippen molar-refractivity contribution < 1.29 is 9.72 Å². The Bertz CT molecular complexity index is 995. The van der Waals surface area contributed by atoms with Gasteiger partial charge in [0.2, 0.25) is 5.91 Å². The fraction of sp³-hybridized carbons (Fsp3) is 0.125. The van der Waals surface area contributed by atoms with Crippen molar-refractivity contribution in [2.75, 3.05) is 11.1 Å². The van der Waals surface area contributed by atoms with Crippen molar-refractivity contribution in [3.05, 3.63) is 57.9 Å². The van der Waals surface area contributed by atoms with Gasteiger partial charge < -0.3 is 9.88 Å². The number of rotatable bonds is 6. The van der Waals surface area contributed by atoms with Crippen molar-refractivity contribution in [3.63, 3.8) is 0 Å². The number of aromatic nitrogens is 4. The smallest absolute Gasteiger partial charge is 0.271 e. The molecule has 0 saturated carbocycles. The largest absolute Gasteiger partial charge is 0.324 e. The van der Waals surface area contributed by atoms with Crippen LogP contribution in [-0.4, -0.2) is 36.3 Å². The number of hydrogen-bond acceptors (Lipinski definition) is 7. The van der Waals surface area contributed by atoms with E-state index in [4.69, 9.17) is 11.6 Å². The number of benzene rings is 1. The molecule has 0 unspecified atom stereocenters. The van der Waals surface area contributed by atoms with Crippen LogP contribution in [0.1, 0.15) is 0 Å². The average molecular weight is 405 g/mol. The van der Waals surface area contributed by atoms with Crippen molar-refractivity contribution in [1.29, 1.82) is 0 Å². The van der Waals surface area contributed by atoms with E-state index in [-0.39, 0.29) is 22.4 Å². The maximum atomic E-state index is 12.2. The summed E-state index contributed by atoms with van der Waals surface area (Å²) in [6, 6.07) is 7.53. The van der Waals surface area contributed by atoms with Crippen LogP contribution in [0.4, 0.5) is 11.4 Å². The van der Waals surface area contributed by atoms with Crippen LogP contribution in [0.3, 0.4) is 0 Å². The Morgan fingerprint density at radius 2 is 2.19 bits per heavy atom.